The minimum Gasteiger partial charge on any atom is -0.481 e. The Hall–Kier alpha value is -3.34. The number of nitrogens with zero attached hydrogens (tertiary/aromatic N) is 1. The zero-order valence-electron chi connectivity index (χ0n) is 14.4. The maximum absolute atomic E-state index is 12.2. The number of hydrogen-bond donors (Lipinski definition) is 1. The summed E-state index contributed by atoms with van der Waals surface area (Å²) in [6.07, 6.45) is 0.371. The third-order valence-corrected chi connectivity index (χ3v) is 4.18. The molecule has 1 aromatic heterocycles. The molecule has 0 saturated heterocycles. The molecule has 132 valence electrons. The molecule has 2 aromatic carbocycles. The molecule has 0 bridgehead atoms. The fraction of sp³-hybridized carbons (Fsp3) is 0.143. The molecular weight excluding hydrogens is 330 g/mol. The molecule has 3 rings (SSSR count). The number of carbonyl (C=O) groups excluding carboxylic acids is 1. The standard InChI is InChI=1S/C21H19NO4/c1-26-21(25)17-9-5-6-10-19(17)22-16(12-14-20(23)24)11-13-18(22)15-7-3-2-4-8-15/h2-11,13H,12,14H2,1H3,(H,23,24). The highest BCUT2D eigenvalue weighted by molar-refractivity contribution is 5.94. The van der Waals surface area contributed by atoms with Crippen molar-refractivity contribution in [1.29, 1.82) is 0 Å². The number of aryl methyl sites for hydroxylation is 1. The van der Waals surface area contributed by atoms with Gasteiger partial charge >= 0.3 is 11.9 Å². The molecule has 0 aliphatic heterocycles. The van der Waals surface area contributed by atoms with Gasteiger partial charge < -0.3 is 14.4 Å². The third kappa shape index (κ3) is 3.52. The first-order chi connectivity index (χ1) is 12.6. The van der Waals surface area contributed by atoms with Crippen LogP contribution in [-0.2, 0) is 16.0 Å². The summed E-state index contributed by atoms with van der Waals surface area (Å²) in [5.41, 5.74) is 3.79. The Bertz CT molecular complexity index is 928. The van der Waals surface area contributed by atoms with Crippen LogP contribution in [0, 0.1) is 0 Å². The summed E-state index contributed by atoms with van der Waals surface area (Å²) in [4.78, 5) is 23.3. The lowest BCUT2D eigenvalue weighted by Crippen LogP contribution is -2.11. The largest absolute Gasteiger partial charge is 0.481 e. The summed E-state index contributed by atoms with van der Waals surface area (Å²) >= 11 is 0. The molecule has 5 heteroatoms. The van der Waals surface area contributed by atoms with E-state index < -0.39 is 11.9 Å². The molecule has 0 fully saturated rings. The number of carbonyl (C=O) groups is 2. The van der Waals surface area contributed by atoms with Crippen molar-refractivity contribution in [2.45, 2.75) is 12.8 Å². The molecule has 0 unspecified atom stereocenters. The SMILES string of the molecule is COC(=O)c1ccccc1-n1c(CCC(=O)O)ccc1-c1ccccc1. The van der Waals surface area contributed by atoms with Crippen LogP contribution in [0.2, 0.25) is 0 Å². The summed E-state index contributed by atoms with van der Waals surface area (Å²) < 4.78 is 6.85. The normalized spacial score (nSPS) is 10.5. The predicted molar refractivity (Wildman–Crippen MR) is 98.5 cm³/mol. The molecule has 0 spiro atoms. The van der Waals surface area contributed by atoms with E-state index >= 15 is 0 Å². The number of para-hydroxylation sites is 1. The molecule has 3 aromatic rings. The smallest absolute Gasteiger partial charge is 0.339 e. The lowest BCUT2D eigenvalue weighted by atomic mass is 10.1. The van der Waals surface area contributed by atoms with Crippen molar-refractivity contribution in [2.75, 3.05) is 7.11 Å². The van der Waals surface area contributed by atoms with Crippen LogP contribution < -0.4 is 0 Å². The summed E-state index contributed by atoms with van der Waals surface area (Å²) in [5.74, 6) is -1.29. The molecule has 0 amide bonds. The molecule has 0 radical (unpaired) electrons. The number of esters is 1. The number of methoxy groups -OCH3 is 1. The number of aliphatic carboxylic acids is 1. The molecule has 1 N–H and O–H groups in total. The highest BCUT2D eigenvalue weighted by Gasteiger charge is 2.18. The van der Waals surface area contributed by atoms with Gasteiger partial charge in [-0.1, -0.05) is 42.5 Å². The molecule has 0 saturated carbocycles. The van der Waals surface area contributed by atoms with Crippen molar-refractivity contribution in [3.05, 3.63) is 78.0 Å². The minimum atomic E-state index is -0.861. The van der Waals surface area contributed by atoms with E-state index in [0.29, 0.717) is 17.7 Å². The van der Waals surface area contributed by atoms with Gasteiger partial charge in [-0.05, 0) is 36.2 Å². The van der Waals surface area contributed by atoms with E-state index in [1.54, 1.807) is 12.1 Å². The average molecular weight is 349 g/mol. The predicted octanol–water partition coefficient (Wildman–Crippen LogP) is 3.95. The van der Waals surface area contributed by atoms with Crippen LogP contribution in [0.3, 0.4) is 0 Å². The first-order valence-electron chi connectivity index (χ1n) is 8.27. The van der Waals surface area contributed by atoms with Gasteiger partial charge in [0.1, 0.15) is 0 Å². The molecule has 1 heterocycles. The van der Waals surface area contributed by atoms with E-state index in [4.69, 9.17) is 9.84 Å². The summed E-state index contributed by atoms with van der Waals surface area (Å²) in [7, 11) is 1.35. The first kappa shape index (κ1) is 17.5. The van der Waals surface area contributed by atoms with E-state index in [2.05, 4.69) is 0 Å². The number of rotatable bonds is 6. The molecule has 5 nitrogen and oxygen atoms in total. The average Bonchev–Trinajstić information content (AvgIpc) is 3.10. The Balaban J connectivity index is 2.20. The summed E-state index contributed by atoms with van der Waals surface area (Å²) in [5, 5.41) is 9.06. The lowest BCUT2D eigenvalue weighted by Gasteiger charge is -2.16. The number of ether oxygens (including phenoxy) is 1. The van der Waals surface area contributed by atoms with Crippen LogP contribution in [0.4, 0.5) is 0 Å². The molecule has 0 atom stereocenters. The van der Waals surface area contributed by atoms with Crippen LogP contribution in [0.25, 0.3) is 16.9 Å². The molecule has 0 aliphatic carbocycles. The van der Waals surface area contributed by atoms with Crippen molar-refractivity contribution in [2.24, 2.45) is 0 Å². The number of carboxylic acids is 1. The summed E-state index contributed by atoms with van der Waals surface area (Å²) in [6, 6.07) is 20.8. The van der Waals surface area contributed by atoms with Gasteiger partial charge in [0.25, 0.3) is 0 Å². The maximum Gasteiger partial charge on any atom is 0.339 e. The van der Waals surface area contributed by atoms with Crippen LogP contribution in [0.1, 0.15) is 22.5 Å². The van der Waals surface area contributed by atoms with Gasteiger partial charge in [-0.2, -0.15) is 0 Å². The number of hydrogen-bond acceptors (Lipinski definition) is 3. The number of aromatic nitrogens is 1. The lowest BCUT2D eigenvalue weighted by molar-refractivity contribution is -0.136. The van der Waals surface area contributed by atoms with Gasteiger partial charge in [0.15, 0.2) is 0 Å². The van der Waals surface area contributed by atoms with Crippen molar-refractivity contribution in [3.63, 3.8) is 0 Å². The van der Waals surface area contributed by atoms with Gasteiger partial charge in [-0.3, -0.25) is 4.79 Å². The van der Waals surface area contributed by atoms with Gasteiger partial charge in [-0.15, -0.1) is 0 Å². The minimum absolute atomic E-state index is 0.0125. The third-order valence-electron chi connectivity index (χ3n) is 4.18. The zero-order valence-corrected chi connectivity index (χ0v) is 14.4. The van der Waals surface area contributed by atoms with E-state index in [0.717, 1.165) is 17.0 Å². The van der Waals surface area contributed by atoms with E-state index in [1.165, 1.54) is 7.11 Å². The Kier molecular flexibility index (Phi) is 5.17. The van der Waals surface area contributed by atoms with Crippen molar-refractivity contribution in [1.82, 2.24) is 4.57 Å². The van der Waals surface area contributed by atoms with Crippen molar-refractivity contribution in [3.8, 4) is 16.9 Å². The Morgan fingerprint density at radius 2 is 1.65 bits per heavy atom. The van der Waals surface area contributed by atoms with E-state index in [-0.39, 0.29) is 6.42 Å². The van der Waals surface area contributed by atoms with Crippen LogP contribution in [0.5, 0.6) is 0 Å². The van der Waals surface area contributed by atoms with Crippen LogP contribution in [-0.4, -0.2) is 28.7 Å². The van der Waals surface area contributed by atoms with E-state index in [1.807, 2.05) is 59.2 Å². The second-order valence-electron chi connectivity index (χ2n) is 5.81. The molecule has 0 aliphatic rings. The highest BCUT2D eigenvalue weighted by Crippen LogP contribution is 2.29. The van der Waals surface area contributed by atoms with Gasteiger partial charge in [-0.25, -0.2) is 4.79 Å². The number of carboxylic acid groups (broad SMARTS) is 1. The summed E-state index contributed by atoms with van der Waals surface area (Å²) in [6.45, 7) is 0. The highest BCUT2D eigenvalue weighted by atomic mass is 16.5. The Morgan fingerprint density at radius 3 is 2.35 bits per heavy atom. The second-order valence-corrected chi connectivity index (χ2v) is 5.81. The van der Waals surface area contributed by atoms with Crippen molar-refractivity contribution < 1.29 is 19.4 Å². The Morgan fingerprint density at radius 1 is 0.962 bits per heavy atom. The molecule has 26 heavy (non-hydrogen) atoms. The topological polar surface area (TPSA) is 68.5 Å². The van der Waals surface area contributed by atoms with Gasteiger partial charge in [0.05, 0.1) is 30.5 Å². The fourth-order valence-electron chi connectivity index (χ4n) is 2.98. The molecular formula is C21H19NO4. The van der Waals surface area contributed by atoms with Crippen LogP contribution in [0.15, 0.2) is 66.7 Å². The fourth-order valence-corrected chi connectivity index (χ4v) is 2.98. The zero-order chi connectivity index (χ0) is 18.5. The monoisotopic (exact) mass is 349 g/mol. The van der Waals surface area contributed by atoms with Gasteiger partial charge in [0, 0.05) is 5.69 Å². The van der Waals surface area contributed by atoms with Crippen LogP contribution >= 0.6 is 0 Å². The quantitative estimate of drug-likeness (QED) is 0.684. The second kappa shape index (κ2) is 7.70. The van der Waals surface area contributed by atoms with Gasteiger partial charge in [0.2, 0.25) is 0 Å². The van der Waals surface area contributed by atoms with Crippen molar-refractivity contribution >= 4 is 11.9 Å². The Labute approximate surface area is 151 Å². The van der Waals surface area contributed by atoms with E-state index in [9.17, 15) is 9.59 Å². The number of benzene rings is 2. The first-order valence-corrected chi connectivity index (χ1v) is 8.27. The maximum atomic E-state index is 12.2.